The largest absolute Gasteiger partial charge is 0.348 e. The molecule has 0 aromatic heterocycles. The quantitative estimate of drug-likeness (QED) is 0.783. The van der Waals surface area contributed by atoms with Crippen molar-refractivity contribution in [2.24, 2.45) is 11.8 Å². The van der Waals surface area contributed by atoms with Crippen LogP contribution in [0.5, 0.6) is 0 Å². The number of anilines is 1. The van der Waals surface area contributed by atoms with Gasteiger partial charge in [-0.1, -0.05) is 13.8 Å². The lowest BCUT2D eigenvalue weighted by Gasteiger charge is -2.36. The van der Waals surface area contributed by atoms with Gasteiger partial charge >= 0.3 is 0 Å². The van der Waals surface area contributed by atoms with Crippen molar-refractivity contribution in [2.75, 3.05) is 18.4 Å². The maximum Gasteiger partial charge on any atom is 0.173 e. The third-order valence-electron chi connectivity index (χ3n) is 3.25. The number of nitrogens with one attached hydrogen (secondary N) is 1. The van der Waals surface area contributed by atoms with Gasteiger partial charge in [0.25, 0.3) is 0 Å². The van der Waals surface area contributed by atoms with Crippen LogP contribution >= 0.6 is 12.2 Å². The van der Waals surface area contributed by atoms with E-state index >= 15 is 0 Å². The van der Waals surface area contributed by atoms with Crippen LogP contribution in [-0.2, 0) is 0 Å². The molecular weight excluding hydrogens is 247 g/mol. The van der Waals surface area contributed by atoms with E-state index in [4.69, 9.17) is 12.2 Å². The van der Waals surface area contributed by atoms with Gasteiger partial charge in [0.15, 0.2) is 5.11 Å². The van der Waals surface area contributed by atoms with Crippen LogP contribution in [0.4, 0.5) is 10.1 Å². The summed E-state index contributed by atoms with van der Waals surface area (Å²) in [6.45, 7) is 6.50. The summed E-state index contributed by atoms with van der Waals surface area (Å²) in [4.78, 5) is 2.21. The minimum Gasteiger partial charge on any atom is -0.348 e. The van der Waals surface area contributed by atoms with Crippen molar-refractivity contribution in [3.63, 3.8) is 0 Å². The van der Waals surface area contributed by atoms with E-state index in [0.717, 1.165) is 23.9 Å². The van der Waals surface area contributed by atoms with Gasteiger partial charge in [-0.25, -0.2) is 4.39 Å². The highest BCUT2D eigenvalue weighted by Crippen LogP contribution is 2.21. The standard InChI is InChI=1S/C14H19FN2S/c1-10-7-11(2)9-17(8-10)14(18)16-13-5-3-12(15)4-6-13/h3-6,10-11H,7-9H2,1-2H3,(H,16,18)/t10-,11-/m1/s1. The average Bonchev–Trinajstić information content (AvgIpc) is 2.31. The molecule has 0 aliphatic carbocycles. The van der Waals surface area contributed by atoms with Crippen LogP contribution in [0.15, 0.2) is 24.3 Å². The zero-order valence-corrected chi connectivity index (χ0v) is 11.6. The molecule has 1 aromatic rings. The van der Waals surface area contributed by atoms with Gasteiger partial charge in [-0.15, -0.1) is 0 Å². The zero-order valence-electron chi connectivity index (χ0n) is 10.8. The Kier molecular flexibility index (Phi) is 4.17. The van der Waals surface area contributed by atoms with E-state index in [9.17, 15) is 4.39 Å². The van der Waals surface area contributed by atoms with Gasteiger partial charge in [-0.3, -0.25) is 0 Å². The molecule has 18 heavy (non-hydrogen) atoms. The number of thiocarbonyl (C=S) groups is 1. The van der Waals surface area contributed by atoms with Crippen LogP contribution in [-0.4, -0.2) is 23.1 Å². The maximum atomic E-state index is 12.8. The van der Waals surface area contributed by atoms with E-state index < -0.39 is 0 Å². The van der Waals surface area contributed by atoms with Crippen LogP contribution < -0.4 is 5.32 Å². The van der Waals surface area contributed by atoms with Crippen LogP contribution in [0.1, 0.15) is 20.3 Å². The lowest BCUT2D eigenvalue weighted by atomic mass is 9.92. The fourth-order valence-corrected chi connectivity index (χ4v) is 2.83. The first-order chi connectivity index (χ1) is 8.54. The molecule has 1 aromatic carbocycles. The van der Waals surface area contributed by atoms with E-state index in [2.05, 4.69) is 24.1 Å². The zero-order chi connectivity index (χ0) is 13.1. The predicted molar refractivity (Wildman–Crippen MR) is 77.1 cm³/mol. The Bertz CT molecular complexity index is 408. The smallest absolute Gasteiger partial charge is 0.173 e. The summed E-state index contributed by atoms with van der Waals surface area (Å²) < 4.78 is 12.8. The second-order valence-electron chi connectivity index (χ2n) is 5.29. The monoisotopic (exact) mass is 266 g/mol. The van der Waals surface area contributed by atoms with Crippen molar-refractivity contribution in [3.05, 3.63) is 30.1 Å². The number of nitrogens with zero attached hydrogens (tertiary/aromatic N) is 1. The number of piperidine rings is 1. The van der Waals surface area contributed by atoms with Gasteiger partial charge in [0, 0.05) is 18.8 Å². The molecule has 2 atom stereocenters. The van der Waals surface area contributed by atoms with Crippen LogP contribution in [0.25, 0.3) is 0 Å². The molecule has 0 spiro atoms. The summed E-state index contributed by atoms with van der Waals surface area (Å²) in [5.41, 5.74) is 0.840. The molecule has 1 saturated heterocycles. The summed E-state index contributed by atoms with van der Waals surface area (Å²) in [5, 5.41) is 3.91. The molecule has 1 N–H and O–H groups in total. The van der Waals surface area contributed by atoms with Gasteiger partial charge in [0.1, 0.15) is 5.82 Å². The van der Waals surface area contributed by atoms with Crippen molar-refractivity contribution in [1.82, 2.24) is 4.90 Å². The van der Waals surface area contributed by atoms with E-state index in [-0.39, 0.29) is 5.82 Å². The summed E-state index contributed by atoms with van der Waals surface area (Å²) in [6.07, 6.45) is 1.26. The number of rotatable bonds is 1. The fourth-order valence-electron chi connectivity index (χ4n) is 2.56. The highest BCUT2D eigenvalue weighted by Gasteiger charge is 2.23. The van der Waals surface area contributed by atoms with Gasteiger partial charge in [0.05, 0.1) is 0 Å². The fraction of sp³-hybridized carbons (Fsp3) is 0.500. The Hall–Kier alpha value is -1.16. The summed E-state index contributed by atoms with van der Waals surface area (Å²) >= 11 is 5.42. The third kappa shape index (κ3) is 3.42. The Labute approximate surface area is 113 Å². The average molecular weight is 266 g/mol. The minimum atomic E-state index is -0.230. The highest BCUT2D eigenvalue weighted by molar-refractivity contribution is 7.80. The second-order valence-corrected chi connectivity index (χ2v) is 5.67. The van der Waals surface area contributed by atoms with Gasteiger partial charge in [-0.2, -0.15) is 0 Å². The Balaban J connectivity index is 1.97. The van der Waals surface area contributed by atoms with Crippen molar-refractivity contribution < 1.29 is 4.39 Å². The number of hydrogen-bond donors (Lipinski definition) is 1. The van der Waals surface area contributed by atoms with Gasteiger partial charge in [-0.05, 0) is 54.7 Å². The summed E-state index contributed by atoms with van der Waals surface area (Å²) in [5.74, 6) is 1.11. The predicted octanol–water partition coefficient (Wildman–Crippen LogP) is 3.50. The third-order valence-corrected chi connectivity index (χ3v) is 3.61. The molecule has 0 radical (unpaired) electrons. The molecule has 1 fully saturated rings. The number of halogens is 1. The molecule has 98 valence electrons. The van der Waals surface area contributed by atoms with Crippen LogP contribution in [0.2, 0.25) is 0 Å². The molecule has 2 rings (SSSR count). The molecule has 1 heterocycles. The SMILES string of the molecule is C[C@@H]1C[C@@H](C)CN(C(=S)Nc2ccc(F)cc2)C1. The normalized spacial score (nSPS) is 23.8. The molecule has 0 unspecified atom stereocenters. The lowest BCUT2D eigenvalue weighted by molar-refractivity contribution is 0.216. The van der Waals surface area contributed by atoms with Crippen molar-refractivity contribution in [3.8, 4) is 0 Å². The lowest BCUT2D eigenvalue weighted by Crippen LogP contribution is -2.44. The molecule has 0 saturated carbocycles. The number of hydrogen-bond acceptors (Lipinski definition) is 1. The van der Waals surface area contributed by atoms with Crippen molar-refractivity contribution in [2.45, 2.75) is 20.3 Å². The van der Waals surface area contributed by atoms with Crippen molar-refractivity contribution in [1.29, 1.82) is 0 Å². The van der Waals surface area contributed by atoms with Crippen molar-refractivity contribution >= 4 is 23.0 Å². The first-order valence-corrected chi connectivity index (χ1v) is 6.77. The molecule has 1 aliphatic heterocycles. The van der Waals surface area contributed by atoms with E-state index in [1.807, 2.05) is 0 Å². The number of likely N-dealkylation sites (tertiary alicyclic amines) is 1. The maximum absolute atomic E-state index is 12.8. The Morgan fingerprint density at radius 1 is 1.22 bits per heavy atom. The molecule has 2 nitrogen and oxygen atoms in total. The first kappa shape index (κ1) is 13.3. The molecular formula is C14H19FN2S. The first-order valence-electron chi connectivity index (χ1n) is 6.36. The topological polar surface area (TPSA) is 15.3 Å². The summed E-state index contributed by atoms with van der Waals surface area (Å²) in [7, 11) is 0. The highest BCUT2D eigenvalue weighted by atomic mass is 32.1. The van der Waals surface area contributed by atoms with E-state index in [1.54, 1.807) is 12.1 Å². The van der Waals surface area contributed by atoms with E-state index in [1.165, 1.54) is 18.6 Å². The molecule has 1 aliphatic rings. The van der Waals surface area contributed by atoms with Crippen LogP contribution in [0, 0.1) is 17.7 Å². The Morgan fingerprint density at radius 3 is 2.33 bits per heavy atom. The van der Waals surface area contributed by atoms with Crippen LogP contribution in [0.3, 0.4) is 0 Å². The molecule has 4 heteroatoms. The van der Waals surface area contributed by atoms with E-state index in [0.29, 0.717) is 11.8 Å². The van der Waals surface area contributed by atoms with Gasteiger partial charge in [0.2, 0.25) is 0 Å². The summed E-state index contributed by atoms with van der Waals surface area (Å²) in [6, 6.07) is 6.29. The molecule has 0 bridgehead atoms. The van der Waals surface area contributed by atoms with Gasteiger partial charge < -0.3 is 10.2 Å². The minimum absolute atomic E-state index is 0.230. The Morgan fingerprint density at radius 2 is 1.78 bits per heavy atom. The number of benzene rings is 1. The molecule has 0 amide bonds. The second kappa shape index (κ2) is 5.65.